The number of benzene rings is 3. The molecule has 25 heavy (non-hydrogen) atoms. The first kappa shape index (κ1) is 15.1. The van der Waals surface area contributed by atoms with Crippen LogP contribution in [-0.2, 0) is 0 Å². The molecule has 4 nitrogen and oxygen atoms in total. The van der Waals surface area contributed by atoms with Crippen LogP contribution in [0.2, 0.25) is 0 Å². The van der Waals surface area contributed by atoms with Crippen molar-refractivity contribution in [1.82, 2.24) is 10.4 Å². The summed E-state index contributed by atoms with van der Waals surface area (Å²) >= 11 is 0. The molecule has 1 heterocycles. The van der Waals surface area contributed by atoms with E-state index in [1.807, 2.05) is 49.4 Å². The highest BCUT2D eigenvalue weighted by Crippen LogP contribution is 2.18. The third-order valence-electron chi connectivity index (χ3n) is 4.33. The molecule has 4 heteroatoms. The molecule has 0 saturated heterocycles. The number of hydrogen-bond acceptors (Lipinski definition) is 2. The predicted molar refractivity (Wildman–Crippen MR) is 102 cm³/mol. The van der Waals surface area contributed by atoms with Crippen molar-refractivity contribution >= 4 is 33.3 Å². The maximum Gasteiger partial charge on any atom is 0.273 e. The first-order valence-electron chi connectivity index (χ1n) is 8.12. The van der Waals surface area contributed by atoms with Gasteiger partial charge in [-0.15, -0.1) is 0 Å². The Morgan fingerprint density at radius 1 is 0.960 bits per heavy atom. The van der Waals surface area contributed by atoms with Crippen LogP contribution in [0.5, 0.6) is 0 Å². The van der Waals surface area contributed by atoms with Gasteiger partial charge in [0.2, 0.25) is 0 Å². The molecule has 0 unspecified atom stereocenters. The minimum Gasteiger partial charge on any atom is -0.360 e. The summed E-state index contributed by atoms with van der Waals surface area (Å²) in [5, 5.41) is 7.49. The Morgan fingerprint density at radius 2 is 1.72 bits per heavy atom. The third kappa shape index (κ3) is 2.90. The Morgan fingerprint density at radius 3 is 2.60 bits per heavy atom. The number of hydrogen-bond donors (Lipinski definition) is 2. The van der Waals surface area contributed by atoms with Crippen LogP contribution in [0.4, 0.5) is 0 Å². The predicted octanol–water partition coefficient (Wildman–Crippen LogP) is 4.48. The smallest absolute Gasteiger partial charge is 0.273 e. The average molecular weight is 327 g/mol. The van der Waals surface area contributed by atoms with Crippen molar-refractivity contribution in [2.75, 3.05) is 0 Å². The number of rotatable bonds is 3. The molecule has 4 rings (SSSR count). The molecule has 0 spiro atoms. The minimum atomic E-state index is -0.224. The van der Waals surface area contributed by atoms with E-state index in [4.69, 9.17) is 0 Å². The second kappa shape index (κ2) is 6.24. The summed E-state index contributed by atoms with van der Waals surface area (Å²) in [5.74, 6) is -0.224. The quantitative estimate of drug-likeness (QED) is 0.423. The van der Waals surface area contributed by atoms with Crippen molar-refractivity contribution in [2.45, 2.75) is 6.92 Å². The molecule has 0 radical (unpaired) electrons. The van der Waals surface area contributed by atoms with Crippen LogP contribution in [0.1, 0.15) is 22.8 Å². The van der Waals surface area contributed by atoms with Gasteiger partial charge in [-0.2, -0.15) is 5.10 Å². The third-order valence-corrected chi connectivity index (χ3v) is 4.33. The van der Waals surface area contributed by atoms with Gasteiger partial charge in [-0.3, -0.25) is 4.79 Å². The minimum absolute atomic E-state index is 0.224. The number of nitrogens with one attached hydrogen (secondary N) is 2. The van der Waals surface area contributed by atoms with Crippen molar-refractivity contribution in [3.63, 3.8) is 0 Å². The SMILES string of the molecule is C/C(=N/NC(=O)c1c[nH]c2ccccc12)c1ccc2ccccc2c1. The molecule has 1 amide bonds. The van der Waals surface area contributed by atoms with Gasteiger partial charge >= 0.3 is 0 Å². The molecule has 0 saturated carbocycles. The molecule has 0 fully saturated rings. The fourth-order valence-electron chi connectivity index (χ4n) is 2.93. The maximum absolute atomic E-state index is 12.4. The number of amides is 1. The molecular formula is C21H17N3O. The van der Waals surface area contributed by atoms with Crippen LogP contribution in [0.25, 0.3) is 21.7 Å². The van der Waals surface area contributed by atoms with Crippen molar-refractivity contribution in [2.24, 2.45) is 5.10 Å². The number of hydrazone groups is 1. The van der Waals surface area contributed by atoms with E-state index in [0.717, 1.165) is 27.6 Å². The van der Waals surface area contributed by atoms with E-state index >= 15 is 0 Å². The molecule has 4 aromatic rings. The molecular weight excluding hydrogens is 310 g/mol. The van der Waals surface area contributed by atoms with Gasteiger partial charge in [0, 0.05) is 17.1 Å². The van der Waals surface area contributed by atoms with Crippen molar-refractivity contribution in [1.29, 1.82) is 0 Å². The Bertz CT molecular complexity index is 1110. The zero-order chi connectivity index (χ0) is 17.2. The van der Waals surface area contributed by atoms with Crippen molar-refractivity contribution < 1.29 is 4.79 Å². The molecule has 0 aliphatic rings. The summed E-state index contributed by atoms with van der Waals surface area (Å²) in [6.07, 6.45) is 1.71. The largest absolute Gasteiger partial charge is 0.360 e. The van der Waals surface area contributed by atoms with Gasteiger partial charge in [-0.25, -0.2) is 5.43 Å². The fourth-order valence-corrected chi connectivity index (χ4v) is 2.93. The zero-order valence-electron chi connectivity index (χ0n) is 13.8. The van der Waals surface area contributed by atoms with Gasteiger partial charge in [0.05, 0.1) is 11.3 Å². The summed E-state index contributed by atoms with van der Waals surface area (Å²) in [6, 6.07) is 22.0. The first-order valence-corrected chi connectivity index (χ1v) is 8.12. The van der Waals surface area contributed by atoms with Crippen LogP contribution in [-0.4, -0.2) is 16.6 Å². The number of fused-ring (bicyclic) bond motifs is 2. The van der Waals surface area contributed by atoms with E-state index in [-0.39, 0.29) is 5.91 Å². The number of nitrogens with zero attached hydrogens (tertiary/aromatic N) is 1. The molecule has 1 aromatic heterocycles. The van der Waals surface area contributed by atoms with Gasteiger partial charge in [0.1, 0.15) is 0 Å². The van der Waals surface area contributed by atoms with Crippen LogP contribution in [0.15, 0.2) is 78.0 Å². The lowest BCUT2D eigenvalue weighted by Crippen LogP contribution is -2.19. The number of aromatic amines is 1. The Kier molecular flexibility index (Phi) is 3.78. The Balaban J connectivity index is 1.58. The summed E-state index contributed by atoms with van der Waals surface area (Å²) in [6.45, 7) is 1.89. The molecule has 0 aliphatic carbocycles. The molecule has 2 N–H and O–H groups in total. The van der Waals surface area contributed by atoms with Gasteiger partial charge in [0.25, 0.3) is 5.91 Å². The van der Waals surface area contributed by atoms with Crippen molar-refractivity contribution in [3.05, 3.63) is 84.1 Å². The van der Waals surface area contributed by atoms with Gasteiger partial charge in [0.15, 0.2) is 0 Å². The van der Waals surface area contributed by atoms with E-state index in [1.165, 1.54) is 5.39 Å². The van der Waals surface area contributed by atoms with Gasteiger partial charge < -0.3 is 4.98 Å². The molecule has 0 atom stereocenters. The summed E-state index contributed by atoms with van der Waals surface area (Å²) in [7, 11) is 0. The standard InChI is InChI=1S/C21H17N3O/c1-14(16-11-10-15-6-2-3-7-17(15)12-16)23-24-21(25)19-13-22-20-9-5-4-8-18(19)20/h2-13,22H,1H3,(H,24,25)/b23-14-. The molecule has 122 valence electrons. The van der Waals surface area contributed by atoms with Crippen molar-refractivity contribution in [3.8, 4) is 0 Å². The fraction of sp³-hybridized carbons (Fsp3) is 0.0476. The van der Waals surface area contributed by atoms with E-state index in [2.05, 4.69) is 39.8 Å². The second-order valence-corrected chi connectivity index (χ2v) is 5.95. The van der Waals surface area contributed by atoms with Crippen LogP contribution < -0.4 is 5.43 Å². The lowest BCUT2D eigenvalue weighted by Gasteiger charge is -2.04. The number of carbonyl (C=O) groups excluding carboxylic acids is 1. The topological polar surface area (TPSA) is 57.2 Å². The molecule has 3 aromatic carbocycles. The van der Waals surface area contributed by atoms with Crippen LogP contribution in [0.3, 0.4) is 0 Å². The maximum atomic E-state index is 12.4. The average Bonchev–Trinajstić information content (AvgIpc) is 3.09. The van der Waals surface area contributed by atoms with E-state index in [0.29, 0.717) is 5.56 Å². The van der Waals surface area contributed by atoms with E-state index in [9.17, 15) is 4.79 Å². The lowest BCUT2D eigenvalue weighted by atomic mass is 10.0. The number of carbonyl (C=O) groups is 1. The first-order chi connectivity index (χ1) is 12.2. The molecule has 0 bridgehead atoms. The van der Waals surface area contributed by atoms with Gasteiger partial charge in [-0.05, 0) is 35.4 Å². The zero-order valence-corrected chi connectivity index (χ0v) is 13.8. The Labute approximate surface area is 145 Å². The Hall–Kier alpha value is -3.40. The normalized spacial score (nSPS) is 11.8. The summed E-state index contributed by atoms with van der Waals surface area (Å²) < 4.78 is 0. The van der Waals surface area contributed by atoms with Crippen LogP contribution >= 0.6 is 0 Å². The second-order valence-electron chi connectivity index (χ2n) is 5.95. The summed E-state index contributed by atoms with van der Waals surface area (Å²) in [4.78, 5) is 15.5. The number of para-hydroxylation sites is 1. The number of aromatic nitrogens is 1. The van der Waals surface area contributed by atoms with Crippen LogP contribution in [0, 0.1) is 0 Å². The highest BCUT2D eigenvalue weighted by molar-refractivity contribution is 6.08. The highest BCUT2D eigenvalue weighted by Gasteiger charge is 2.11. The van der Waals surface area contributed by atoms with Gasteiger partial charge in [-0.1, -0.05) is 54.6 Å². The lowest BCUT2D eigenvalue weighted by molar-refractivity contribution is 0.0956. The monoisotopic (exact) mass is 327 g/mol. The molecule has 0 aliphatic heterocycles. The number of H-pyrrole nitrogens is 1. The summed E-state index contributed by atoms with van der Waals surface area (Å²) in [5.41, 5.74) is 5.92. The highest BCUT2D eigenvalue weighted by atomic mass is 16.2. The van der Waals surface area contributed by atoms with E-state index in [1.54, 1.807) is 6.20 Å². The van der Waals surface area contributed by atoms with E-state index < -0.39 is 0 Å².